The molecule has 0 saturated carbocycles. The largest absolute Gasteiger partial charge is 0.302 e. The van der Waals surface area contributed by atoms with E-state index in [0.29, 0.717) is 17.1 Å². The van der Waals surface area contributed by atoms with E-state index in [0.717, 1.165) is 0 Å². The second-order valence-corrected chi connectivity index (χ2v) is 5.37. The van der Waals surface area contributed by atoms with Crippen LogP contribution in [0.1, 0.15) is 5.69 Å². The molecule has 1 N–H and O–H groups in total. The first kappa shape index (κ1) is 14.0. The maximum atomic E-state index is 11.0. The minimum absolute atomic E-state index is 0.0330. The highest BCUT2D eigenvalue weighted by Gasteiger charge is 2.15. The Morgan fingerprint density at radius 2 is 2.11 bits per heavy atom. The Hall–Kier alpha value is -1.39. The molecular weight excluding hydrogens is 309 g/mol. The number of benzene rings is 1. The maximum absolute atomic E-state index is 11.0. The predicted octanol–water partition coefficient (Wildman–Crippen LogP) is 3.62. The first-order valence-corrected chi connectivity index (χ1v) is 6.84. The lowest BCUT2D eigenvalue weighted by atomic mass is 10.3. The summed E-state index contributed by atoms with van der Waals surface area (Å²) in [4.78, 5) is 3.35. The van der Waals surface area contributed by atoms with Crippen molar-refractivity contribution >= 4 is 40.0 Å². The normalized spacial score (nSPS) is 12.2. The van der Waals surface area contributed by atoms with Gasteiger partial charge in [0.2, 0.25) is 5.69 Å². The fourth-order valence-electron chi connectivity index (χ4n) is 1.57. The number of aromatic nitrogens is 2. The average Bonchev–Trinajstić information content (AvgIpc) is 2.72. The van der Waals surface area contributed by atoms with Crippen molar-refractivity contribution in [2.45, 2.75) is 11.8 Å². The molecule has 5 nitrogen and oxygen atoms in total. The molecule has 0 amide bonds. The van der Waals surface area contributed by atoms with Crippen molar-refractivity contribution in [1.29, 1.82) is 0 Å². The van der Waals surface area contributed by atoms with Crippen molar-refractivity contribution in [3.8, 4) is 5.69 Å². The highest BCUT2D eigenvalue weighted by Crippen LogP contribution is 2.31. The molecule has 1 unspecified atom stereocenters. The summed E-state index contributed by atoms with van der Waals surface area (Å²) < 4.78 is 21.6. The molecular formula is C11H7Cl2N3O2S. The van der Waals surface area contributed by atoms with Gasteiger partial charge in [0, 0.05) is 5.69 Å². The van der Waals surface area contributed by atoms with Crippen molar-refractivity contribution in [3.63, 3.8) is 0 Å². The lowest BCUT2D eigenvalue weighted by Crippen LogP contribution is -2.01. The van der Waals surface area contributed by atoms with E-state index in [-0.39, 0.29) is 14.9 Å². The quantitative estimate of drug-likeness (QED) is 0.680. The van der Waals surface area contributed by atoms with Gasteiger partial charge in [-0.3, -0.25) is 0 Å². The summed E-state index contributed by atoms with van der Waals surface area (Å²) >= 11 is 9.78. The molecule has 1 heterocycles. The van der Waals surface area contributed by atoms with Gasteiger partial charge in [0.1, 0.15) is 0 Å². The molecule has 0 spiro atoms. The van der Waals surface area contributed by atoms with E-state index in [4.69, 9.17) is 34.3 Å². The molecule has 0 radical (unpaired) electrons. The fraction of sp³-hybridized carbons (Fsp3) is 0.0909. The van der Waals surface area contributed by atoms with Crippen molar-refractivity contribution in [3.05, 3.63) is 45.5 Å². The molecule has 2 rings (SSSR count). The lowest BCUT2D eigenvalue weighted by Gasteiger charge is -2.09. The summed E-state index contributed by atoms with van der Waals surface area (Å²) in [5.41, 5.74) is 1.47. The molecule has 1 aromatic carbocycles. The summed E-state index contributed by atoms with van der Waals surface area (Å²) in [7, 11) is 0. The molecule has 0 bridgehead atoms. The van der Waals surface area contributed by atoms with E-state index in [1.165, 1.54) is 23.0 Å². The van der Waals surface area contributed by atoms with Gasteiger partial charge >= 0.3 is 0 Å². The van der Waals surface area contributed by atoms with E-state index in [9.17, 15) is 4.21 Å². The van der Waals surface area contributed by atoms with Gasteiger partial charge in [-0.15, -0.1) is 0 Å². The predicted molar refractivity (Wildman–Crippen MR) is 73.6 cm³/mol. The van der Waals surface area contributed by atoms with Crippen LogP contribution in [0.2, 0.25) is 10.0 Å². The number of nitrogens with zero attached hydrogens (tertiary/aromatic N) is 3. The highest BCUT2D eigenvalue weighted by atomic mass is 35.5. The lowest BCUT2D eigenvalue weighted by molar-refractivity contribution is 0.564. The highest BCUT2D eigenvalue weighted by molar-refractivity contribution is 7.79. The van der Waals surface area contributed by atoms with Crippen LogP contribution in [0.5, 0.6) is 0 Å². The van der Waals surface area contributed by atoms with Gasteiger partial charge < -0.3 is 4.55 Å². The molecule has 0 aliphatic heterocycles. The summed E-state index contributed by atoms with van der Waals surface area (Å²) in [5, 5.41) is 4.39. The zero-order chi connectivity index (χ0) is 14.2. The Bertz CT molecular complexity index is 721. The molecule has 2 aromatic rings. The van der Waals surface area contributed by atoms with Gasteiger partial charge in [0.25, 0.3) is 0 Å². The first-order valence-electron chi connectivity index (χ1n) is 4.98. The standard InChI is InChI=1S/C11H7Cl2N3O2S/c1-6-9(14-2)5-15-16(6)10-3-8(13)11(19(17)18)4-7(10)12/h3-5H,1H3,(H,17,18). The van der Waals surface area contributed by atoms with Crippen molar-refractivity contribution < 1.29 is 8.76 Å². The van der Waals surface area contributed by atoms with Gasteiger partial charge in [-0.2, -0.15) is 5.10 Å². The maximum Gasteiger partial charge on any atom is 0.227 e. The summed E-state index contributed by atoms with van der Waals surface area (Å²) in [6.07, 6.45) is 1.42. The van der Waals surface area contributed by atoms with E-state index in [1.54, 1.807) is 6.92 Å². The third kappa shape index (κ3) is 2.51. The van der Waals surface area contributed by atoms with Crippen LogP contribution in [-0.4, -0.2) is 18.5 Å². The Morgan fingerprint density at radius 1 is 1.42 bits per heavy atom. The fourth-order valence-corrected chi connectivity index (χ4v) is 2.68. The summed E-state index contributed by atoms with van der Waals surface area (Å²) in [6, 6.07) is 2.76. The van der Waals surface area contributed by atoms with Crippen LogP contribution in [0.25, 0.3) is 10.5 Å². The molecule has 1 atom stereocenters. The average molecular weight is 316 g/mol. The van der Waals surface area contributed by atoms with Gasteiger partial charge in [-0.1, -0.05) is 23.2 Å². The van der Waals surface area contributed by atoms with Crippen LogP contribution in [0, 0.1) is 13.5 Å². The van der Waals surface area contributed by atoms with E-state index < -0.39 is 11.1 Å². The van der Waals surface area contributed by atoms with Gasteiger partial charge in [-0.05, 0) is 19.1 Å². The Morgan fingerprint density at radius 3 is 2.63 bits per heavy atom. The van der Waals surface area contributed by atoms with Crippen LogP contribution in [0.3, 0.4) is 0 Å². The van der Waals surface area contributed by atoms with Crippen molar-refractivity contribution in [1.82, 2.24) is 9.78 Å². The Labute approximate surface area is 121 Å². The SMILES string of the molecule is [C-]#[N+]c1cnn(-c2cc(Cl)c(S(=O)O)cc2Cl)c1C. The van der Waals surface area contributed by atoms with Crippen LogP contribution in [0.15, 0.2) is 23.2 Å². The molecule has 0 aliphatic carbocycles. The zero-order valence-corrected chi connectivity index (χ0v) is 11.9. The molecule has 0 aliphatic rings. The molecule has 19 heavy (non-hydrogen) atoms. The number of hydrogen-bond donors (Lipinski definition) is 1. The monoisotopic (exact) mass is 315 g/mol. The van der Waals surface area contributed by atoms with Crippen LogP contribution in [-0.2, 0) is 11.1 Å². The van der Waals surface area contributed by atoms with Crippen molar-refractivity contribution in [2.75, 3.05) is 0 Å². The number of hydrogen-bond acceptors (Lipinski definition) is 2. The van der Waals surface area contributed by atoms with Crippen LogP contribution in [0.4, 0.5) is 5.69 Å². The van der Waals surface area contributed by atoms with Gasteiger partial charge in [0.15, 0.2) is 11.1 Å². The van der Waals surface area contributed by atoms with E-state index in [1.807, 2.05) is 0 Å². The Kier molecular flexibility index (Phi) is 3.92. The summed E-state index contributed by atoms with van der Waals surface area (Å²) in [5.74, 6) is 0. The first-order chi connectivity index (χ1) is 8.95. The third-order valence-corrected chi connectivity index (χ3v) is 3.96. The molecule has 98 valence electrons. The minimum atomic E-state index is -2.21. The molecule has 8 heteroatoms. The van der Waals surface area contributed by atoms with Crippen LogP contribution < -0.4 is 0 Å². The van der Waals surface area contributed by atoms with Gasteiger partial charge in [0.05, 0.1) is 33.4 Å². The molecule has 0 saturated heterocycles. The Balaban J connectivity index is 2.64. The van der Waals surface area contributed by atoms with E-state index >= 15 is 0 Å². The minimum Gasteiger partial charge on any atom is -0.302 e. The second kappa shape index (κ2) is 5.31. The van der Waals surface area contributed by atoms with Gasteiger partial charge in [-0.25, -0.2) is 13.7 Å². The summed E-state index contributed by atoms with van der Waals surface area (Å²) in [6.45, 7) is 8.71. The zero-order valence-electron chi connectivity index (χ0n) is 9.59. The second-order valence-electron chi connectivity index (χ2n) is 3.62. The topological polar surface area (TPSA) is 59.5 Å². The van der Waals surface area contributed by atoms with E-state index in [2.05, 4.69) is 9.94 Å². The third-order valence-electron chi connectivity index (χ3n) is 2.52. The molecule has 0 fully saturated rings. The molecule has 1 aromatic heterocycles. The smallest absolute Gasteiger partial charge is 0.227 e. The van der Waals surface area contributed by atoms with Crippen molar-refractivity contribution in [2.24, 2.45) is 0 Å². The number of rotatable bonds is 2. The number of halogens is 2. The van der Waals surface area contributed by atoms with Crippen LogP contribution >= 0.6 is 23.2 Å².